The summed E-state index contributed by atoms with van der Waals surface area (Å²) >= 11 is 0. The number of hydrogen-bond acceptors (Lipinski definition) is 4. The van der Waals surface area contributed by atoms with E-state index in [0.717, 1.165) is 11.1 Å². The van der Waals surface area contributed by atoms with Gasteiger partial charge in [0.25, 0.3) is 0 Å². The minimum atomic E-state index is -0.514. The topological polar surface area (TPSA) is 64.6 Å². The molecule has 1 atom stereocenters. The second-order valence-corrected chi connectivity index (χ2v) is 4.59. The number of ether oxygens (including phenoxy) is 1. The van der Waals surface area contributed by atoms with Gasteiger partial charge in [-0.05, 0) is 18.2 Å². The molecule has 0 saturated heterocycles. The number of nitrogens with zero attached hydrogens (tertiary/aromatic N) is 2. The molecule has 6 heteroatoms. The maximum absolute atomic E-state index is 14.5. The Morgan fingerprint density at radius 3 is 2.86 bits per heavy atom. The lowest BCUT2D eigenvalue weighted by Crippen LogP contribution is -2.29. The van der Waals surface area contributed by atoms with Gasteiger partial charge >= 0.3 is 0 Å². The molecular weight excluding hydrogens is 271 g/mol. The van der Waals surface area contributed by atoms with Gasteiger partial charge in [-0.2, -0.15) is 5.10 Å². The summed E-state index contributed by atoms with van der Waals surface area (Å²) in [6.07, 6.45) is 3.51. The lowest BCUT2D eigenvalue weighted by Gasteiger charge is -2.17. The quantitative estimate of drug-likeness (QED) is 0.569. The van der Waals surface area contributed by atoms with Crippen molar-refractivity contribution in [1.82, 2.24) is 15.0 Å². The molecule has 3 N–H and O–H groups in total. The molecule has 0 radical (unpaired) electrons. The average Bonchev–Trinajstić information content (AvgIpc) is 2.94. The molecule has 0 fully saturated rings. The summed E-state index contributed by atoms with van der Waals surface area (Å²) < 4.78 is 21.2. The highest BCUT2D eigenvalue weighted by molar-refractivity contribution is 5.57. The molecule has 0 aliphatic carbocycles. The van der Waals surface area contributed by atoms with Crippen LogP contribution in [0.25, 0.3) is 5.52 Å². The number of halogens is 1. The maximum Gasteiger partial charge on any atom is 0.170 e. The molecule has 5 nitrogen and oxygen atoms in total. The van der Waals surface area contributed by atoms with Gasteiger partial charge in [-0.15, -0.1) is 0 Å². The van der Waals surface area contributed by atoms with Crippen LogP contribution in [0.1, 0.15) is 17.2 Å². The molecule has 3 rings (SSSR count). The maximum atomic E-state index is 14.5. The first-order valence-corrected chi connectivity index (χ1v) is 6.47. The first-order valence-electron chi connectivity index (χ1n) is 6.47. The molecule has 0 saturated carbocycles. The molecule has 0 aliphatic heterocycles. The van der Waals surface area contributed by atoms with Crippen molar-refractivity contribution in [3.8, 4) is 5.75 Å². The van der Waals surface area contributed by atoms with Gasteiger partial charge < -0.3 is 4.74 Å². The van der Waals surface area contributed by atoms with E-state index >= 15 is 0 Å². The molecule has 1 aromatic carbocycles. The highest BCUT2D eigenvalue weighted by Crippen LogP contribution is 2.30. The summed E-state index contributed by atoms with van der Waals surface area (Å²) in [5.74, 6) is 5.41. The second-order valence-electron chi connectivity index (χ2n) is 4.59. The van der Waals surface area contributed by atoms with E-state index < -0.39 is 11.9 Å². The molecule has 3 aromatic rings. The summed E-state index contributed by atoms with van der Waals surface area (Å²) in [5.41, 5.74) is 4.73. The molecule has 0 spiro atoms. The fourth-order valence-electron chi connectivity index (χ4n) is 2.43. The lowest BCUT2D eigenvalue weighted by atomic mass is 9.99. The summed E-state index contributed by atoms with van der Waals surface area (Å²) in [6, 6.07) is 10.1. The van der Waals surface area contributed by atoms with Crippen LogP contribution in [0.5, 0.6) is 5.75 Å². The number of benzene rings is 1. The molecule has 0 bridgehead atoms. The number of nitrogens with two attached hydrogens (primary N) is 1. The van der Waals surface area contributed by atoms with Gasteiger partial charge in [-0.3, -0.25) is 5.84 Å². The molecule has 0 aliphatic rings. The monoisotopic (exact) mass is 286 g/mol. The zero-order valence-electron chi connectivity index (χ0n) is 11.5. The van der Waals surface area contributed by atoms with E-state index in [1.54, 1.807) is 28.9 Å². The van der Waals surface area contributed by atoms with Crippen LogP contribution in [0.2, 0.25) is 0 Å². The van der Waals surface area contributed by atoms with E-state index in [9.17, 15) is 4.39 Å². The third-order valence-corrected chi connectivity index (χ3v) is 3.46. The zero-order chi connectivity index (χ0) is 14.8. The van der Waals surface area contributed by atoms with Crippen LogP contribution in [-0.4, -0.2) is 16.7 Å². The van der Waals surface area contributed by atoms with E-state index in [4.69, 9.17) is 10.6 Å². The number of nitrogens with one attached hydrogen (secondary N) is 1. The Labute approximate surface area is 121 Å². The Morgan fingerprint density at radius 2 is 2.10 bits per heavy atom. The molecule has 2 heterocycles. The van der Waals surface area contributed by atoms with Crippen molar-refractivity contribution >= 4 is 5.52 Å². The highest BCUT2D eigenvalue weighted by atomic mass is 19.1. The Kier molecular flexibility index (Phi) is 3.55. The van der Waals surface area contributed by atoms with Gasteiger partial charge in [-0.25, -0.2) is 14.3 Å². The molecule has 21 heavy (non-hydrogen) atoms. The smallest absolute Gasteiger partial charge is 0.170 e. The summed E-state index contributed by atoms with van der Waals surface area (Å²) in [6.45, 7) is 0. The highest BCUT2D eigenvalue weighted by Gasteiger charge is 2.22. The van der Waals surface area contributed by atoms with Gasteiger partial charge in [0.1, 0.15) is 0 Å². The van der Waals surface area contributed by atoms with Gasteiger partial charge in [-0.1, -0.05) is 18.2 Å². The standard InChI is InChI=1S/C15H15FN4O/c1-21-13-7-4-5-10(14(13)16)15(19-17)11-9-18-20-8-3-2-6-12(11)20/h2-9,15,19H,17H2,1H3. The van der Waals surface area contributed by atoms with Gasteiger partial charge in [0.2, 0.25) is 0 Å². The van der Waals surface area contributed by atoms with Crippen LogP contribution in [0.15, 0.2) is 48.8 Å². The van der Waals surface area contributed by atoms with Crippen molar-refractivity contribution in [2.45, 2.75) is 6.04 Å². The average molecular weight is 286 g/mol. The molecule has 108 valence electrons. The number of methoxy groups -OCH3 is 1. The summed E-state index contributed by atoms with van der Waals surface area (Å²) in [4.78, 5) is 0. The Bertz CT molecular complexity index is 771. The van der Waals surface area contributed by atoms with Gasteiger partial charge in [0.15, 0.2) is 11.6 Å². The fraction of sp³-hybridized carbons (Fsp3) is 0.133. The van der Waals surface area contributed by atoms with Crippen molar-refractivity contribution in [2.24, 2.45) is 5.84 Å². The van der Waals surface area contributed by atoms with E-state index in [1.165, 1.54) is 7.11 Å². The van der Waals surface area contributed by atoms with E-state index in [2.05, 4.69) is 10.5 Å². The normalized spacial score (nSPS) is 12.5. The van der Waals surface area contributed by atoms with Gasteiger partial charge in [0, 0.05) is 17.3 Å². The number of pyridine rings is 1. The molecule has 0 amide bonds. The zero-order valence-corrected chi connectivity index (χ0v) is 11.5. The third-order valence-electron chi connectivity index (χ3n) is 3.46. The van der Waals surface area contributed by atoms with Crippen LogP contribution in [0, 0.1) is 5.82 Å². The Morgan fingerprint density at radius 1 is 1.24 bits per heavy atom. The summed E-state index contributed by atoms with van der Waals surface area (Å²) in [5, 5.41) is 4.25. The fourth-order valence-corrected chi connectivity index (χ4v) is 2.43. The van der Waals surface area contributed by atoms with Crippen molar-refractivity contribution in [3.05, 3.63) is 65.7 Å². The van der Waals surface area contributed by atoms with Crippen LogP contribution in [0.3, 0.4) is 0 Å². The first kappa shape index (κ1) is 13.5. The van der Waals surface area contributed by atoms with Crippen LogP contribution in [0.4, 0.5) is 4.39 Å². The van der Waals surface area contributed by atoms with Crippen molar-refractivity contribution in [1.29, 1.82) is 0 Å². The van der Waals surface area contributed by atoms with E-state index in [0.29, 0.717) is 5.56 Å². The molecule has 1 unspecified atom stereocenters. The van der Waals surface area contributed by atoms with Crippen LogP contribution >= 0.6 is 0 Å². The van der Waals surface area contributed by atoms with Crippen LogP contribution < -0.4 is 16.0 Å². The number of aromatic nitrogens is 2. The third kappa shape index (κ3) is 2.24. The predicted molar refractivity (Wildman–Crippen MR) is 77.3 cm³/mol. The van der Waals surface area contributed by atoms with E-state index in [-0.39, 0.29) is 5.75 Å². The first-order chi connectivity index (χ1) is 10.3. The minimum Gasteiger partial charge on any atom is -0.494 e. The van der Waals surface area contributed by atoms with Gasteiger partial charge in [0.05, 0.1) is 24.9 Å². The van der Waals surface area contributed by atoms with Crippen molar-refractivity contribution in [2.75, 3.05) is 7.11 Å². The van der Waals surface area contributed by atoms with Crippen LogP contribution in [-0.2, 0) is 0 Å². The number of fused-ring (bicyclic) bond motifs is 1. The largest absolute Gasteiger partial charge is 0.494 e. The van der Waals surface area contributed by atoms with E-state index in [1.807, 2.05) is 24.4 Å². The molecule has 2 aromatic heterocycles. The molecular formula is C15H15FN4O. The Balaban J connectivity index is 2.15. The van der Waals surface area contributed by atoms with Crippen molar-refractivity contribution < 1.29 is 9.13 Å². The number of rotatable bonds is 4. The number of hydrogen-bond donors (Lipinski definition) is 2. The summed E-state index contributed by atoms with van der Waals surface area (Å²) in [7, 11) is 1.43. The number of hydrazine groups is 1. The SMILES string of the molecule is COc1cccc(C(NN)c2cnn3ccccc23)c1F. The minimum absolute atomic E-state index is 0.184. The predicted octanol–water partition coefficient (Wildman–Crippen LogP) is 2.03. The lowest BCUT2D eigenvalue weighted by molar-refractivity contribution is 0.382. The van der Waals surface area contributed by atoms with Crippen molar-refractivity contribution in [3.63, 3.8) is 0 Å². The second kappa shape index (κ2) is 5.51. The Hall–Kier alpha value is -2.44.